The molecule has 7 nitrogen and oxygen atoms in total. The van der Waals surface area contributed by atoms with E-state index in [0.29, 0.717) is 16.1 Å². The SMILES string of the molecule is COc1ccc(S(=O)(=O)N(CC(=O)NCCSCc2cccc(C)c2)c2cccc(C(F)(F)F)c2)cc1OC. The van der Waals surface area contributed by atoms with E-state index in [1.54, 1.807) is 11.8 Å². The monoisotopic (exact) mass is 582 g/mol. The largest absolute Gasteiger partial charge is 0.493 e. The zero-order chi connectivity index (χ0) is 28.6. The van der Waals surface area contributed by atoms with Gasteiger partial charge in [0, 0.05) is 24.1 Å². The molecule has 0 atom stereocenters. The number of alkyl halides is 3. The Morgan fingerprint density at radius 2 is 1.69 bits per heavy atom. The lowest BCUT2D eigenvalue weighted by molar-refractivity contribution is -0.137. The summed E-state index contributed by atoms with van der Waals surface area (Å²) in [5.41, 5.74) is 0.943. The summed E-state index contributed by atoms with van der Waals surface area (Å²) in [4.78, 5) is 12.5. The van der Waals surface area contributed by atoms with E-state index in [2.05, 4.69) is 11.4 Å². The number of nitrogens with zero attached hydrogens (tertiary/aromatic N) is 1. The zero-order valence-corrected chi connectivity index (χ0v) is 23.3. The van der Waals surface area contributed by atoms with Crippen LogP contribution in [0.5, 0.6) is 11.5 Å². The predicted molar refractivity (Wildman–Crippen MR) is 146 cm³/mol. The first-order chi connectivity index (χ1) is 18.5. The van der Waals surface area contributed by atoms with Crippen LogP contribution in [0.4, 0.5) is 18.9 Å². The molecular formula is C27H29F3N2O5S2. The van der Waals surface area contributed by atoms with Crippen molar-refractivity contribution in [2.75, 3.05) is 37.4 Å². The molecule has 39 heavy (non-hydrogen) atoms. The van der Waals surface area contributed by atoms with E-state index in [1.165, 1.54) is 38.5 Å². The third kappa shape index (κ3) is 8.06. The first kappa shape index (κ1) is 30.2. The van der Waals surface area contributed by atoms with Gasteiger partial charge in [0.2, 0.25) is 5.91 Å². The maximum Gasteiger partial charge on any atom is 0.416 e. The van der Waals surface area contributed by atoms with Gasteiger partial charge in [0.05, 0.1) is 30.4 Å². The van der Waals surface area contributed by atoms with Crippen molar-refractivity contribution in [2.45, 2.75) is 23.7 Å². The van der Waals surface area contributed by atoms with Gasteiger partial charge in [-0.3, -0.25) is 9.10 Å². The zero-order valence-electron chi connectivity index (χ0n) is 21.6. The molecule has 0 aliphatic heterocycles. The smallest absolute Gasteiger partial charge is 0.416 e. The first-order valence-electron chi connectivity index (χ1n) is 11.8. The number of hydrogen-bond acceptors (Lipinski definition) is 6. The van der Waals surface area contributed by atoms with E-state index < -0.39 is 34.2 Å². The minimum atomic E-state index is -4.70. The molecule has 210 valence electrons. The molecule has 0 fully saturated rings. The van der Waals surface area contributed by atoms with Gasteiger partial charge < -0.3 is 14.8 Å². The summed E-state index contributed by atoms with van der Waals surface area (Å²) >= 11 is 1.59. The van der Waals surface area contributed by atoms with Crippen LogP contribution in [0, 0.1) is 6.92 Å². The highest BCUT2D eigenvalue weighted by Gasteiger charge is 2.33. The number of carbonyl (C=O) groups is 1. The Bertz CT molecular complexity index is 1400. The molecule has 12 heteroatoms. The highest BCUT2D eigenvalue weighted by atomic mass is 32.2. The van der Waals surface area contributed by atoms with E-state index in [0.717, 1.165) is 29.0 Å². The summed E-state index contributed by atoms with van der Waals surface area (Å²) in [5.74, 6) is 1.01. The van der Waals surface area contributed by atoms with Gasteiger partial charge in [-0.05, 0) is 42.8 Å². The fraction of sp³-hybridized carbons (Fsp3) is 0.296. The van der Waals surface area contributed by atoms with Gasteiger partial charge in [-0.25, -0.2) is 8.42 Å². The summed E-state index contributed by atoms with van der Waals surface area (Å²) in [5, 5.41) is 2.66. The Balaban J connectivity index is 1.80. The molecule has 0 unspecified atom stereocenters. The molecule has 3 aromatic rings. The molecule has 0 aromatic heterocycles. The first-order valence-corrected chi connectivity index (χ1v) is 14.4. The minimum Gasteiger partial charge on any atom is -0.493 e. The fourth-order valence-corrected chi connectivity index (χ4v) is 5.93. The molecule has 1 N–H and O–H groups in total. The standard InChI is InChI=1S/C27H29F3N2O5S2/c1-19-6-4-7-20(14-19)18-38-13-12-31-26(33)17-32(22-9-5-8-21(15-22)27(28,29)30)39(34,35)23-10-11-24(36-2)25(16-23)37-3/h4-11,14-16H,12-13,17-18H2,1-3H3,(H,31,33). The number of methoxy groups -OCH3 is 2. The van der Waals surface area contributed by atoms with Gasteiger partial charge in [-0.1, -0.05) is 35.9 Å². The van der Waals surface area contributed by atoms with Gasteiger partial charge in [0.1, 0.15) is 6.54 Å². The van der Waals surface area contributed by atoms with Gasteiger partial charge in [-0.2, -0.15) is 24.9 Å². The van der Waals surface area contributed by atoms with Gasteiger partial charge >= 0.3 is 6.18 Å². The summed E-state index contributed by atoms with van der Waals surface area (Å²) < 4.78 is 78.4. The van der Waals surface area contributed by atoms with Gasteiger partial charge in [0.25, 0.3) is 10.0 Å². The number of ether oxygens (including phenoxy) is 2. The number of rotatable bonds is 12. The van der Waals surface area contributed by atoms with E-state index in [4.69, 9.17) is 9.47 Å². The Hall–Kier alpha value is -3.38. The quantitative estimate of drug-likeness (QED) is 0.293. The maximum atomic E-state index is 13.6. The lowest BCUT2D eigenvalue weighted by Crippen LogP contribution is -2.41. The molecule has 3 aromatic carbocycles. The Kier molecular flexibility index (Phi) is 10.1. The Morgan fingerprint density at radius 1 is 0.974 bits per heavy atom. The van der Waals surface area contributed by atoms with Crippen molar-refractivity contribution in [3.05, 3.63) is 83.4 Å². The van der Waals surface area contributed by atoms with E-state index in [1.807, 2.05) is 25.1 Å². The fourth-order valence-electron chi connectivity index (χ4n) is 3.70. The second-order valence-electron chi connectivity index (χ2n) is 8.47. The molecule has 0 saturated carbocycles. The van der Waals surface area contributed by atoms with Crippen LogP contribution in [0.3, 0.4) is 0 Å². The molecule has 0 spiro atoms. The molecule has 0 saturated heterocycles. The van der Waals surface area contributed by atoms with Crippen molar-refractivity contribution in [3.8, 4) is 11.5 Å². The molecule has 0 aliphatic carbocycles. The summed E-state index contributed by atoms with van der Waals surface area (Å²) in [6.07, 6.45) is -4.70. The van der Waals surface area contributed by atoms with E-state index >= 15 is 0 Å². The average molecular weight is 583 g/mol. The maximum absolute atomic E-state index is 13.6. The van der Waals surface area contributed by atoms with Crippen molar-refractivity contribution in [3.63, 3.8) is 0 Å². The number of anilines is 1. The van der Waals surface area contributed by atoms with Gasteiger partial charge in [0.15, 0.2) is 11.5 Å². The lowest BCUT2D eigenvalue weighted by atomic mass is 10.2. The van der Waals surface area contributed by atoms with Crippen LogP contribution in [0.2, 0.25) is 0 Å². The molecular weight excluding hydrogens is 553 g/mol. The number of hydrogen-bond donors (Lipinski definition) is 1. The number of sulfonamides is 1. The number of carbonyl (C=O) groups excluding carboxylic acids is 1. The lowest BCUT2D eigenvalue weighted by Gasteiger charge is -2.25. The van der Waals surface area contributed by atoms with Crippen LogP contribution in [0.25, 0.3) is 0 Å². The second kappa shape index (κ2) is 13.1. The molecule has 3 rings (SSSR count). The third-order valence-electron chi connectivity index (χ3n) is 5.61. The second-order valence-corrected chi connectivity index (χ2v) is 11.4. The van der Waals surface area contributed by atoms with Gasteiger partial charge in [-0.15, -0.1) is 0 Å². The van der Waals surface area contributed by atoms with E-state index in [-0.39, 0.29) is 28.6 Å². The van der Waals surface area contributed by atoms with Crippen molar-refractivity contribution < 1.29 is 35.9 Å². The Morgan fingerprint density at radius 3 is 2.36 bits per heavy atom. The van der Waals surface area contributed by atoms with Crippen molar-refractivity contribution in [1.29, 1.82) is 0 Å². The summed E-state index contributed by atoms with van der Waals surface area (Å²) in [6, 6.07) is 15.7. The van der Waals surface area contributed by atoms with Crippen molar-refractivity contribution >= 4 is 33.4 Å². The van der Waals surface area contributed by atoms with Crippen molar-refractivity contribution in [1.82, 2.24) is 5.32 Å². The highest BCUT2D eigenvalue weighted by molar-refractivity contribution is 7.98. The number of halogens is 3. The molecule has 0 radical (unpaired) electrons. The number of benzene rings is 3. The van der Waals surface area contributed by atoms with Crippen LogP contribution in [-0.2, 0) is 26.7 Å². The highest BCUT2D eigenvalue weighted by Crippen LogP contribution is 2.35. The average Bonchev–Trinajstić information content (AvgIpc) is 2.90. The third-order valence-corrected chi connectivity index (χ3v) is 8.41. The van der Waals surface area contributed by atoms with Crippen LogP contribution in [0.15, 0.2) is 71.6 Å². The van der Waals surface area contributed by atoms with Crippen LogP contribution in [-0.4, -0.2) is 47.4 Å². The Labute approximate surface area is 230 Å². The number of nitrogens with one attached hydrogen (secondary N) is 1. The minimum absolute atomic E-state index is 0.109. The van der Waals surface area contributed by atoms with Crippen LogP contribution < -0.4 is 19.1 Å². The molecule has 0 bridgehead atoms. The van der Waals surface area contributed by atoms with Crippen LogP contribution >= 0.6 is 11.8 Å². The molecule has 0 heterocycles. The summed E-state index contributed by atoms with van der Waals surface area (Å²) in [6.45, 7) is 1.53. The normalized spacial score (nSPS) is 11.6. The van der Waals surface area contributed by atoms with Crippen molar-refractivity contribution in [2.24, 2.45) is 0 Å². The van der Waals surface area contributed by atoms with E-state index in [9.17, 15) is 26.4 Å². The van der Waals surface area contributed by atoms with Crippen LogP contribution in [0.1, 0.15) is 16.7 Å². The predicted octanol–water partition coefficient (Wildman–Crippen LogP) is 5.28. The topological polar surface area (TPSA) is 84.9 Å². The molecule has 0 aliphatic rings. The number of amides is 1. The number of aryl methyl sites for hydroxylation is 1. The number of thioether (sulfide) groups is 1. The summed E-state index contributed by atoms with van der Waals surface area (Å²) in [7, 11) is -1.78. The molecule has 1 amide bonds.